The molecule has 0 saturated heterocycles. The van der Waals surface area contributed by atoms with E-state index in [0.717, 1.165) is 29.0 Å². The number of aromatic amines is 1. The molecule has 4 heteroatoms. The third-order valence-corrected chi connectivity index (χ3v) is 2.94. The molecular formula is C14H14N4. The van der Waals surface area contributed by atoms with Crippen molar-refractivity contribution in [2.75, 3.05) is 6.54 Å². The lowest BCUT2D eigenvalue weighted by Crippen LogP contribution is -2.04. The summed E-state index contributed by atoms with van der Waals surface area (Å²) in [6.07, 6.45) is 2.60. The first kappa shape index (κ1) is 10.9. The SMILES string of the molecule is NCCc1ccccc1-c1nc2ncccc2[nH]1. The largest absolute Gasteiger partial charge is 0.337 e. The number of hydrogen-bond acceptors (Lipinski definition) is 3. The monoisotopic (exact) mass is 238 g/mol. The quantitative estimate of drug-likeness (QED) is 0.734. The van der Waals surface area contributed by atoms with E-state index in [9.17, 15) is 0 Å². The maximum atomic E-state index is 5.64. The Bertz CT molecular complexity index is 639. The molecule has 1 aromatic carbocycles. The fourth-order valence-electron chi connectivity index (χ4n) is 2.10. The number of benzene rings is 1. The van der Waals surface area contributed by atoms with Crippen LogP contribution in [0.2, 0.25) is 0 Å². The van der Waals surface area contributed by atoms with Gasteiger partial charge in [0.05, 0.1) is 5.52 Å². The lowest BCUT2D eigenvalue weighted by molar-refractivity contribution is 0.968. The van der Waals surface area contributed by atoms with Crippen LogP contribution in [0.15, 0.2) is 42.6 Å². The Hall–Kier alpha value is -2.20. The van der Waals surface area contributed by atoms with E-state index in [0.29, 0.717) is 6.54 Å². The first-order valence-corrected chi connectivity index (χ1v) is 5.97. The number of nitrogens with two attached hydrogens (primary N) is 1. The summed E-state index contributed by atoms with van der Waals surface area (Å²) in [6.45, 7) is 0.634. The highest BCUT2D eigenvalue weighted by Gasteiger charge is 2.09. The molecule has 3 aromatic rings. The summed E-state index contributed by atoms with van der Waals surface area (Å²) in [5.74, 6) is 0.854. The van der Waals surface area contributed by atoms with Crippen molar-refractivity contribution in [3.63, 3.8) is 0 Å². The number of aromatic nitrogens is 3. The van der Waals surface area contributed by atoms with Crippen LogP contribution in [-0.2, 0) is 6.42 Å². The van der Waals surface area contributed by atoms with Gasteiger partial charge in [-0.15, -0.1) is 0 Å². The molecular weight excluding hydrogens is 224 g/mol. The van der Waals surface area contributed by atoms with Gasteiger partial charge in [0.15, 0.2) is 5.65 Å². The second-order valence-electron chi connectivity index (χ2n) is 4.16. The molecule has 90 valence electrons. The number of nitrogens with zero attached hydrogens (tertiary/aromatic N) is 2. The second kappa shape index (κ2) is 4.58. The fourth-order valence-corrected chi connectivity index (χ4v) is 2.10. The molecule has 0 fully saturated rings. The van der Waals surface area contributed by atoms with Crippen LogP contribution in [0.1, 0.15) is 5.56 Å². The molecule has 0 saturated carbocycles. The lowest BCUT2D eigenvalue weighted by atomic mass is 10.0. The summed E-state index contributed by atoms with van der Waals surface area (Å²) in [7, 11) is 0. The molecule has 0 aliphatic carbocycles. The van der Waals surface area contributed by atoms with Crippen molar-refractivity contribution in [1.82, 2.24) is 15.0 Å². The van der Waals surface area contributed by atoms with Crippen molar-refractivity contribution in [3.05, 3.63) is 48.2 Å². The van der Waals surface area contributed by atoms with E-state index in [2.05, 4.69) is 27.1 Å². The second-order valence-corrected chi connectivity index (χ2v) is 4.16. The van der Waals surface area contributed by atoms with E-state index in [1.54, 1.807) is 6.20 Å². The zero-order chi connectivity index (χ0) is 12.4. The van der Waals surface area contributed by atoms with Crippen LogP contribution < -0.4 is 5.73 Å². The van der Waals surface area contributed by atoms with Gasteiger partial charge in [-0.1, -0.05) is 24.3 Å². The molecule has 0 unspecified atom stereocenters. The average Bonchev–Trinajstić information content (AvgIpc) is 2.83. The van der Waals surface area contributed by atoms with Crippen LogP contribution in [0.4, 0.5) is 0 Å². The van der Waals surface area contributed by atoms with E-state index >= 15 is 0 Å². The predicted octanol–water partition coefficient (Wildman–Crippen LogP) is 2.13. The van der Waals surface area contributed by atoms with Crippen LogP contribution in [0.25, 0.3) is 22.6 Å². The minimum atomic E-state index is 0.634. The van der Waals surface area contributed by atoms with Crippen LogP contribution in [-0.4, -0.2) is 21.5 Å². The molecule has 0 atom stereocenters. The summed E-state index contributed by atoms with van der Waals surface area (Å²) in [6, 6.07) is 12.1. The fraction of sp³-hybridized carbons (Fsp3) is 0.143. The van der Waals surface area contributed by atoms with Crippen LogP contribution in [0, 0.1) is 0 Å². The Morgan fingerprint density at radius 3 is 2.83 bits per heavy atom. The first-order chi connectivity index (χ1) is 8.88. The Labute approximate surface area is 105 Å². The zero-order valence-electron chi connectivity index (χ0n) is 9.93. The zero-order valence-corrected chi connectivity index (χ0v) is 9.93. The van der Waals surface area contributed by atoms with E-state index < -0.39 is 0 Å². The Balaban J connectivity index is 2.13. The predicted molar refractivity (Wildman–Crippen MR) is 72.1 cm³/mol. The van der Waals surface area contributed by atoms with Gasteiger partial charge in [0.2, 0.25) is 0 Å². The number of imidazole rings is 1. The highest BCUT2D eigenvalue weighted by Crippen LogP contribution is 2.23. The van der Waals surface area contributed by atoms with Gasteiger partial charge in [0, 0.05) is 11.8 Å². The van der Waals surface area contributed by atoms with Gasteiger partial charge >= 0.3 is 0 Å². The van der Waals surface area contributed by atoms with Crippen molar-refractivity contribution in [2.45, 2.75) is 6.42 Å². The van der Waals surface area contributed by atoms with Crippen LogP contribution in [0.5, 0.6) is 0 Å². The minimum Gasteiger partial charge on any atom is -0.337 e. The Kier molecular flexibility index (Phi) is 2.78. The number of pyridine rings is 1. The number of hydrogen-bond donors (Lipinski definition) is 2. The van der Waals surface area contributed by atoms with Gasteiger partial charge in [-0.3, -0.25) is 0 Å². The maximum absolute atomic E-state index is 5.64. The molecule has 2 aromatic heterocycles. The molecule has 3 N–H and O–H groups in total. The van der Waals surface area contributed by atoms with E-state index in [1.165, 1.54) is 5.56 Å². The molecule has 0 aliphatic rings. The first-order valence-electron chi connectivity index (χ1n) is 5.97. The smallest absolute Gasteiger partial charge is 0.178 e. The van der Waals surface area contributed by atoms with Gasteiger partial charge in [-0.05, 0) is 30.7 Å². The molecule has 0 spiro atoms. The molecule has 2 heterocycles. The van der Waals surface area contributed by atoms with Crippen molar-refractivity contribution < 1.29 is 0 Å². The minimum absolute atomic E-state index is 0.634. The summed E-state index contributed by atoms with van der Waals surface area (Å²) >= 11 is 0. The van der Waals surface area contributed by atoms with Gasteiger partial charge in [0.1, 0.15) is 5.82 Å². The maximum Gasteiger partial charge on any atom is 0.178 e. The summed E-state index contributed by atoms with van der Waals surface area (Å²) in [5.41, 5.74) is 9.64. The van der Waals surface area contributed by atoms with Gasteiger partial charge in [-0.2, -0.15) is 0 Å². The number of H-pyrrole nitrogens is 1. The van der Waals surface area contributed by atoms with Gasteiger partial charge < -0.3 is 10.7 Å². The van der Waals surface area contributed by atoms with Gasteiger partial charge in [0.25, 0.3) is 0 Å². The normalized spacial score (nSPS) is 10.9. The topological polar surface area (TPSA) is 67.6 Å². The third kappa shape index (κ3) is 1.87. The molecule has 0 radical (unpaired) electrons. The molecule has 0 amide bonds. The molecule has 3 rings (SSSR count). The van der Waals surface area contributed by atoms with Crippen molar-refractivity contribution in [1.29, 1.82) is 0 Å². The van der Waals surface area contributed by atoms with Crippen molar-refractivity contribution >= 4 is 11.2 Å². The number of nitrogens with one attached hydrogen (secondary N) is 1. The molecule has 18 heavy (non-hydrogen) atoms. The highest BCUT2D eigenvalue weighted by molar-refractivity contribution is 5.76. The average molecular weight is 238 g/mol. The summed E-state index contributed by atoms with van der Waals surface area (Å²) in [4.78, 5) is 12.1. The lowest BCUT2D eigenvalue weighted by Gasteiger charge is -2.05. The van der Waals surface area contributed by atoms with Crippen molar-refractivity contribution in [3.8, 4) is 11.4 Å². The summed E-state index contributed by atoms with van der Waals surface area (Å²) in [5, 5.41) is 0. The number of rotatable bonds is 3. The molecule has 0 bridgehead atoms. The number of fused-ring (bicyclic) bond motifs is 1. The summed E-state index contributed by atoms with van der Waals surface area (Å²) < 4.78 is 0. The van der Waals surface area contributed by atoms with Gasteiger partial charge in [-0.25, -0.2) is 9.97 Å². The van der Waals surface area contributed by atoms with E-state index in [-0.39, 0.29) is 0 Å². The highest BCUT2D eigenvalue weighted by atomic mass is 15.0. The van der Waals surface area contributed by atoms with Crippen LogP contribution >= 0.6 is 0 Å². The van der Waals surface area contributed by atoms with E-state index in [1.807, 2.05) is 24.3 Å². The Morgan fingerprint density at radius 1 is 1.11 bits per heavy atom. The van der Waals surface area contributed by atoms with Crippen molar-refractivity contribution in [2.24, 2.45) is 5.73 Å². The standard InChI is InChI=1S/C14H14N4/c15-8-7-10-4-1-2-5-11(10)13-17-12-6-3-9-16-14(12)18-13/h1-6,9H,7-8,15H2,(H,16,17,18). The molecule has 0 aliphatic heterocycles. The third-order valence-electron chi connectivity index (χ3n) is 2.94. The Morgan fingerprint density at radius 2 is 2.00 bits per heavy atom. The van der Waals surface area contributed by atoms with E-state index in [4.69, 9.17) is 5.73 Å². The molecule has 4 nitrogen and oxygen atoms in total. The van der Waals surface area contributed by atoms with Crippen LogP contribution in [0.3, 0.4) is 0 Å².